The number of nitrogens with zero attached hydrogens (tertiary/aromatic N) is 1. The van der Waals surface area contributed by atoms with Gasteiger partial charge in [-0.3, -0.25) is 4.99 Å². The Morgan fingerprint density at radius 2 is 1.06 bits per heavy atom. The SMILES string of the molecule is C=C/C=C\C(=C)C(=C)c1ccccc1C(=C)C(=C)/C=C\C(=C)C(=C)/C=C\C(C)=Nc1ccccc1. The standard InChI is InChI=1S/C34H33N/c1-9-10-16-27(4)30(7)33-19-14-15-20-34(33)31(8)28(5)22-21-25(2)26(3)23-24-29(6)35-32-17-12-11-13-18-32/h9-24H,1-5,7-8H2,6H3/b16-10-,22-21-,24-23-,35-29?. The van der Waals surface area contributed by atoms with Crippen LogP contribution in [0, 0.1) is 0 Å². The van der Waals surface area contributed by atoms with Crippen LogP contribution in [0.15, 0.2) is 170 Å². The molecule has 0 aromatic heterocycles. The van der Waals surface area contributed by atoms with Gasteiger partial charge in [0, 0.05) is 5.71 Å². The van der Waals surface area contributed by atoms with Gasteiger partial charge in [0.25, 0.3) is 0 Å². The minimum Gasteiger partial charge on any atom is -0.254 e. The molecule has 2 aromatic carbocycles. The first kappa shape index (κ1) is 26.8. The van der Waals surface area contributed by atoms with E-state index < -0.39 is 0 Å². The minimum absolute atomic E-state index is 0.775. The van der Waals surface area contributed by atoms with E-state index in [2.05, 4.69) is 51.0 Å². The Bertz CT molecular complexity index is 1290. The molecule has 0 heterocycles. The highest BCUT2D eigenvalue weighted by atomic mass is 14.7. The summed E-state index contributed by atoms with van der Waals surface area (Å²) in [4.78, 5) is 4.57. The Morgan fingerprint density at radius 3 is 1.60 bits per heavy atom. The van der Waals surface area contributed by atoms with Gasteiger partial charge < -0.3 is 0 Å². The number of hydrogen-bond acceptors (Lipinski definition) is 1. The third-order valence-corrected chi connectivity index (χ3v) is 5.27. The van der Waals surface area contributed by atoms with Gasteiger partial charge in [-0.05, 0) is 69.7 Å². The lowest BCUT2D eigenvalue weighted by molar-refractivity contribution is 1.50. The molecular weight excluding hydrogens is 422 g/mol. The molecule has 0 saturated heterocycles. The van der Waals surface area contributed by atoms with Crippen molar-refractivity contribution < 1.29 is 0 Å². The number of benzene rings is 2. The predicted octanol–water partition coefficient (Wildman–Crippen LogP) is 9.58. The summed E-state index contributed by atoms with van der Waals surface area (Å²) in [5.41, 5.74) is 8.51. The van der Waals surface area contributed by atoms with Crippen LogP contribution >= 0.6 is 0 Å². The molecule has 0 aliphatic rings. The molecule has 0 aliphatic carbocycles. The van der Waals surface area contributed by atoms with Crippen LogP contribution in [0.1, 0.15) is 18.1 Å². The van der Waals surface area contributed by atoms with Crippen molar-refractivity contribution >= 4 is 22.5 Å². The predicted molar refractivity (Wildman–Crippen MR) is 158 cm³/mol. The Morgan fingerprint density at radius 1 is 0.600 bits per heavy atom. The van der Waals surface area contributed by atoms with Crippen molar-refractivity contribution in [3.05, 3.63) is 177 Å². The van der Waals surface area contributed by atoms with Crippen LogP contribution in [0.5, 0.6) is 0 Å². The van der Waals surface area contributed by atoms with Crippen LogP contribution in [0.3, 0.4) is 0 Å². The van der Waals surface area contributed by atoms with E-state index in [0.29, 0.717) is 0 Å². The molecule has 0 aliphatic heterocycles. The summed E-state index contributed by atoms with van der Waals surface area (Å²) in [5.74, 6) is 0. The Balaban J connectivity index is 2.10. The summed E-state index contributed by atoms with van der Waals surface area (Å²) in [7, 11) is 0. The highest BCUT2D eigenvalue weighted by Crippen LogP contribution is 2.31. The van der Waals surface area contributed by atoms with Crippen molar-refractivity contribution in [2.24, 2.45) is 4.99 Å². The van der Waals surface area contributed by atoms with Crippen molar-refractivity contribution in [1.82, 2.24) is 0 Å². The minimum atomic E-state index is 0.775. The van der Waals surface area contributed by atoms with E-state index in [1.54, 1.807) is 6.08 Å². The zero-order valence-corrected chi connectivity index (χ0v) is 20.6. The van der Waals surface area contributed by atoms with Gasteiger partial charge in [-0.2, -0.15) is 0 Å². The summed E-state index contributed by atoms with van der Waals surface area (Å²) in [5, 5.41) is 0. The quantitative estimate of drug-likeness (QED) is 0.223. The lowest BCUT2D eigenvalue weighted by Gasteiger charge is -2.15. The molecule has 2 rings (SSSR count). The zero-order chi connectivity index (χ0) is 25.8. The first-order valence-corrected chi connectivity index (χ1v) is 11.2. The molecule has 1 nitrogen and oxygen atoms in total. The fourth-order valence-corrected chi connectivity index (χ4v) is 3.12. The monoisotopic (exact) mass is 455 g/mol. The van der Waals surface area contributed by atoms with Crippen molar-refractivity contribution in [3.8, 4) is 0 Å². The normalized spacial score (nSPS) is 11.6. The van der Waals surface area contributed by atoms with E-state index in [1.165, 1.54) is 0 Å². The maximum atomic E-state index is 4.57. The van der Waals surface area contributed by atoms with E-state index in [-0.39, 0.29) is 0 Å². The Hall–Kier alpha value is -4.49. The average Bonchev–Trinajstić information content (AvgIpc) is 2.88. The number of rotatable bonds is 12. The zero-order valence-electron chi connectivity index (χ0n) is 20.6. The summed E-state index contributed by atoms with van der Waals surface area (Å²) in [6, 6.07) is 17.8. The second-order valence-corrected chi connectivity index (χ2v) is 7.95. The maximum absolute atomic E-state index is 4.57. The molecule has 0 amide bonds. The average molecular weight is 456 g/mol. The summed E-state index contributed by atoms with van der Waals surface area (Å²) in [6.07, 6.45) is 13.1. The molecule has 0 fully saturated rings. The maximum Gasteiger partial charge on any atom is 0.0632 e. The molecule has 2 aromatic rings. The second-order valence-electron chi connectivity index (χ2n) is 7.95. The van der Waals surface area contributed by atoms with Gasteiger partial charge in [0.1, 0.15) is 0 Å². The smallest absolute Gasteiger partial charge is 0.0632 e. The first-order chi connectivity index (χ1) is 16.7. The van der Waals surface area contributed by atoms with Crippen LogP contribution < -0.4 is 0 Å². The number of para-hydroxylation sites is 1. The van der Waals surface area contributed by atoms with Gasteiger partial charge in [0.2, 0.25) is 0 Å². The number of allylic oxidation sites excluding steroid dienone is 13. The summed E-state index contributed by atoms with van der Waals surface area (Å²) < 4.78 is 0. The van der Waals surface area contributed by atoms with Crippen LogP contribution in [-0.4, -0.2) is 5.71 Å². The van der Waals surface area contributed by atoms with Crippen LogP contribution in [0.2, 0.25) is 0 Å². The molecule has 0 spiro atoms. The van der Waals surface area contributed by atoms with Crippen molar-refractivity contribution in [3.63, 3.8) is 0 Å². The van der Waals surface area contributed by atoms with Gasteiger partial charge in [-0.15, -0.1) is 0 Å². The largest absolute Gasteiger partial charge is 0.254 e. The Labute approximate surface area is 211 Å². The molecule has 35 heavy (non-hydrogen) atoms. The van der Waals surface area contributed by atoms with Crippen LogP contribution in [-0.2, 0) is 0 Å². The molecule has 0 unspecified atom stereocenters. The van der Waals surface area contributed by atoms with E-state index in [4.69, 9.17) is 0 Å². The molecule has 0 atom stereocenters. The molecule has 174 valence electrons. The van der Waals surface area contributed by atoms with Crippen molar-refractivity contribution in [1.29, 1.82) is 0 Å². The fraction of sp³-hybridized carbons (Fsp3) is 0.0294. The van der Waals surface area contributed by atoms with Gasteiger partial charge in [0.15, 0.2) is 0 Å². The lowest BCUT2D eigenvalue weighted by Crippen LogP contribution is -1.94. The van der Waals surface area contributed by atoms with Crippen molar-refractivity contribution in [2.45, 2.75) is 6.92 Å². The summed E-state index contributed by atoms with van der Waals surface area (Å²) >= 11 is 0. The molecule has 0 bridgehead atoms. The Kier molecular flexibility index (Phi) is 10.1. The number of hydrogen-bond donors (Lipinski definition) is 0. The molecule has 0 radical (unpaired) electrons. The van der Waals surface area contributed by atoms with E-state index in [0.717, 1.165) is 56.0 Å². The van der Waals surface area contributed by atoms with Gasteiger partial charge in [-0.25, -0.2) is 0 Å². The van der Waals surface area contributed by atoms with E-state index in [1.807, 2.05) is 98.0 Å². The highest BCUT2D eigenvalue weighted by Gasteiger charge is 2.11. The molecule has 1 heteroatoms. The first-order valence-electron chi connectivity index (χ1n) is 11.2. The summed E-state index contributed by atoms with van der Waals surface area (Å²) in [6.45, 7) is 30.7. The van der Waals surface area contributed by atoms with Crippen molar-refractivity contribution in [2.75, 3.05) is 0 Å². The van der Waals surface area contributed by atoms with Crippen LogP contribution in [0.25, 0.3) is 11.1 Å². The molecule has 0 N–H and O–H groups in total. The second kappa shape index (κ2) is 13.3. The van der Waals surface area contributed by atoms with Gasteiger partial charge in [-0.1, -0.05) is 125 Å². The number of aliphatic imine (C=N–C) groups is 1. The van der Waals surface area contributed by atoms with E-state index in [9.17, 15) is 0 Å². The fourth-order valence-electron chi connectivity index (χ4n) is 3.12. The third-order valence-electron chi connectivity index (χ3n) is 5.27. The lowest BCUT2D eigenvalue weighted by atomic mass is 9.89. The van der Waals surface area contributed by atoms with Crippen LogP contribution in [0.4, 0.5) is 5.69 Å². The molecular formula is C34H33N. The highest BCUT2D eigenvalue weighted by molar-refractivity contribution is 5.95. The van der Waals surface area contributed by atoms with Gasteiger partial charge >= 0.3 is 0 Å². The van der Waals surface area contributed by atoms with Gasteiger partial charge in [0.05, 0.1) is 5.69 Å². The van der Waals surface area contributed by atoms with E-state index >= 15 is 0 Å². The third kappa shape index (κ3) is 8.10. The molecule has 0 saturated carbocycles. The topological polar surface area (TPSA) is 12.4 Å².